The van der Waals surface area contributed by atoms with Crippen LogP contribution in [0.1, 0.15) is 27.2 Å². The first kappa shape index (κ1) is 19.4. The van der Waals surface area contributed by atoms with Crippen LogP contribution in [0.4, 0.5) is 11.4 Å². The maximum absolute atomic E-state index is 12.4. The van der Waals surface area contributed by atoms with Crippen LogP contribution in [0, 0.1) is 13.8 Å². The molecule has 1 aromatic heterocycles. The predicted octanol–water partition coefficient (Wildman–Crippen LogP) is 4.42. The summed E-state index contributed by atoms with van der Waals surface area (Å²) in [5, 5.41) is 6.30. The molecule has 28 heavy (non-hydrogen) atoms. The fraction of sp³-hybridized carbons (Fsp3) is 0.217. The van der Waals surface area contributed by atoms with Gasteiger partial charge in [-0.1, -0.05) is 24.3 Å². The van der Waals surface area contributed by atoms with Crippen molar-refractivity contribution in [3.05, 3.63) is 83.2 Å². The second-order valence-corrected chi connectivity index (χ2v) is 6.66. The predicted molar refractivity (Wildman–Crippen MR) is 112 cm³/mol. The number of ether oxygens (including phenoxy) is 1. The van der Waals surface area contributed by atoms with Crippen LogP contribution in [0.25, 0.3) is 0 Å². The highest BCUT2D eigenvalue weighted by molar-refractivity contribution is 5.93. The molecule has 0 spiro atoms. The molecule has 3 aromatic rings. The molecule has 0 fully saturated rings. The van der Waals surface area contributed by atoms with Crippen molar-refractivity contribution in [2.75, 3.05) is 19.0 Å². The molecule has 0 bridgehead atoms. The minimum atomic E-state index is -0.182. The van der Waals surface area contributed by atoms with Gasteiger partial charge in [-0.25, -0.2) is 0 Å². The molecule has 0 aliphatic heterocycles. The van der Waals surface area contributed by atoms with Gasteiger partial charge in [0.1, 0.15) is 11.4 Å². The first-order valence-electron chi connectivity index (χ1n) is 9.27. The highest BCUT2D eigenvalue weighted by Gasteiger charge is 2.09. The van der Waals surface area contributed by atoms with Crippen molar-refractivity contribution in [2.45, 2.75) is 20.3 Å². The Bertz CT molecular complexity index is 952. The molecule has 0 aliphatic rings. The van der Waals surface area contributed by atoms with Crippen LogP contribution in [0.2, 0.25) is 0 Å². The van der Waals surface area contributed by atoms with Gasteiger partial charge in [0.2, 0.25) is 0 Å². The van der Waals surface area contributed by atoms with Crippen LogP contribution in [-0.4, -0.2) is 24.5 Å². The Hall–Kier alpha value is -3.34. The minimum Gasteiger partial charge on any atom is -0.497 e. The van der Waals surface area contributed by atoms with E-state index < -0.39 is 0 Å². The molecule has 0 atom stereocenters. The van der Waals surface area contributed by atoms with Gasteiger partial charge < -0.3 is 15.4 Å². The zero-order valence-corrected chi connectivity index (χ0v) is 16.5. The Labute approximate surface area is 165 Å². The molecule has 0 aliphatic carbocycles. The summed E-state index contributed by atoms with van der Waals surface area (Å²) in [5.41, 5.74) is 5.80. The van der Waals surface area contributed by atoms with Crippen molar-refractivity contribution < 1.29 is 9.53 Å². The number of benzene rings is 2. The van der Waals surface area contributed by atoms with Gasteiger partial charge in [-0.05, 0) is 67.3 Å². The Morgan fingerprint density at radius 3 is 2.61 bits per heavy atom. The number of methoxy groups -OCH3 is 1. The van der Waals surface area contributed by atoms with Crippen LogP contribution in [-0.2, 0) is 6.42 Å². The molecule has 0 saturated heterocycles. The van der Waals surface area contributed by atoms with E-state index in [0.29, 0.717) is 12.2 Å². The van der Waals surface area contributed by atoms with E-state index in [2.05, 4.69) is 35.5 Å². The van der Waals surface area contributed by atoms with E-state index in [9.17, 15) is 4.79 Å². The third-order valence-corrected chi connectivity index (χ3v) is 4.73. The second-order valence-electron chi connectivity index (χ2n) is 6.66. The summed E-state index contributed by atoms with van der Waals surface area (Å²) in [7, 11) is 1.64. The van der Waals surface area contributed by atoms with Crippen LogP contribution >= 0.6 is 0 Å². The maximum Gasteiger partial charge on any atom is 0.269 e. The topological polar surface area (TPSA) is 63.2 Å². The van der Waals surface area contributed by atoms with Crippen molar-refractivity contribution in [1.82, 2.24) is 10.3 Å². The number of rotatable bonds is 7. The Balaban J connectivity index is 1.59. The number of hydrogen-bond donors (Lipinski definition) is 2. The lowest BCUT2D eigenvalue weighted by atomic mass is 10.1. The van der Waals surface area contributed by atoms with Crippen molar-refractivity contribution in [1.29, 1.82) is 0 Å². The third kappa shape index (κ3) is 4.88. The number of hydrogen-bond acceptors (Lipinski definition) is 4. The quantitative estimate of drug-likeness (QED) is 0.641. The molecule has 5 nitrogen and oxygen atoms in total. The highest BCUT2D eigenvalue weighted by Crippen LogP contribution is 2.22. The lowest BCUT2D eigenvalue weighted by Crippen LogP contribution is -2.26. The number of nitrogens with zero attached hydrogens (tertiary/aromatic N) is 1. The van der Waals surface area contributed by atoms with E-state index in [1.807, 2.05) is 42.5 Å². The number of anilines is 2. The number of pyridine rings is 1. The summed E-state index contributed by atoms with van der Waals surface area (Å²) in [6, 6.07) is 17.6. The van der Waals surface area contributed by atoms with Crippen LogP contribution in [0.3, 0.4) is 0 Å². The Morgan fingerprint density at radius 1 is 1.07 bits per heavy atom. The number of aromatic nitrogens is 1. The van der Waals surface area contributed by atoms with E-state index in [1.165, 1.54) is 11.1 Å². The van der Waals surface area contributed by atoms with E-state index in [-0.39, 0.29) is 5.91 Å². The van der Waals surface area contributed by atoms with Gasteiger partial charge in [0.15, 0.2) is 0 Å². The van der Waals surface area contributed by atoms with Crippen molar-refractivity contribution in [3.63, 3.8) is 0 Å². The van der Waals surface area contributed by atoms with E-state index >= 15 is 0 Å². The summed E-state index contributed by atoms with van der Waals surface area (Å²) in [6.45, 7) is 4.70. The van der Waals surface area contributed by atoms with E-state index in [0.717, 1.165) is 29.1 Å². The van der Waals surface area contributed by atoms with Gasteiger partial charge in [-0.3, -0.25) is 9.78 Å². The standard InChI is InChI=1S/C23H25N3O2/c1-16-5-4-6-21(17(16)2)26-19-12-14-24-22(15-19)23(27)25-13-11-18-7-9-20(28-3)10-8-18/h4-10,12,14-15H,11,13H2,1-3H3,(H,24,26)(H,25,27). The largest absolute Gasteiger partial charge is 0.497 e. The first-order chi connectivity index (χ1) is 13.6. The number of carbonyl (C=O) groups excluding carboxylic acids is 1. The molecule has 1 amide bonds. The monoisotopic (exact) mass is 375 g/mol. The van der Waals surface area contributed by atoms with Gasteiger partial charge >= 0.3 is 0 Å². The average molecular weight is 375 g/mol. The van der Waals surface area contributed by atoms with Gasteiger partial charge in [0.05, 0.1) is 7.11 Å². The number of aryl methyl sites for hydroxylation is 1. The number of amides is 1. The SMILES string of the molecule is COc1ccc(CCNC(=O)c2cc(Nc3cccc(C)c3C)ccn2)cc1. The molecular weight excluding hydrogens is 350 g/mol. The van der Waals surface area contributed by atoms with Crippen LogP contribution < -0.4 is 15.4 Å². The molecule has 5 heteroatoms. The fourth-order valence-corrected chi connectivity index (χ4v) is 2.88. The molecule has 2 aromatic carbocycles. The van der Waals surface area contributed by atoms with Crippen molar-refractivity contribution >= 4 is 17.3 Å². The van der Waals surface area contributed by atoms with Crippen molar-refractivity contribution in [2.24, 2.45) is 0 Å². The van der Waals surface area contributed by atoms with E-state index in [1.54, 1.807) is 19.4 Å². The van der Waals surface area contributed by atoms with Crippen molar-refractivity contribution in [3.8, 4) is 5.75 Å². The summed E-state index contributed by atoms with van der Waals surface area (Å²) in [6.07, 6.45) is 2.39. The average Bonchev–Trinajstić information content (AvgIpc) is 2.72. The molecule has 0 saturated carbocycles. The summed E-state index contributed by atoms with van der Waals surface area (Å²) < 4.78 is 5.15. The summed E-state index contributed by atoms with van der Waals surface area (Å²) in [5.74, 6) is 0.642. The van der Waals surface area contributed by atoms with Gasteiger partial charge in [-0.15, -0.1) is 0 Å². The zero-order chi connectivity index (χ0) is 19.9. The van der Waals surface area contributed by atoms with Gasteiger partial charge in [0.25, 0.3) is 5.91 Å². The molecule has 2 N–H and O–H groups in total. The van der Waals surface area contributed by atoms with Crippen LogP contribution in [0.15, 0.2) is 60.8 Å². The highest BCUT2D eigenvalue weighted by atomic mass is 16.5. The smallest absolute Gasteiger partial charge is 0.269 e. The van der Waals surface area contributed by atoms with E-state index in [4.69, 9.17) is 4.74 Å². The Kier molecular flexibility index (Phi) is 6.27. The third-order valence-electron chi connectivity index (χ3n) is 4.73. The molecule has 1 heterocycles. The van der Waals surface area contributed by atoms with Crippen LogP contribution in [0.5, 0.6) is 5.75 Å². The maximum atomic E-state index is 12.4. The van der Waals surface area contributed by atoms with Gasteiger partial charge in [0, 0.05) is 24.1 Å². The summed E-state index contributed by atoms with van der Waals surface area (Å²) >= 11 is 0. The molecule has 0 unspecified atom stereocenters. The lowest BCUT2D eigenvalue weighted by molar-refractivity contribution is 0.0949. The normalized spacial score (nSPS) is 10.4. The molecule has 0 radical (unpaired) electrons. The minimum absolute atomic E-state index is 0.182. The summed E-state index contributed by atoms with van der Waals surface area (Å²) in [4.78, 5) is 16.6. The number of carbonyl (C=O) groups is 1. The Morgan fingerprint density at radius 2 is 1.86 bits per heavy atom. The lowest BCUT2D eigenvalue weighted by Gasteiger charge is -2.12. The zero-order valence-electron chi connectivity index (χ0n) is 16.5. The molecule has 3 rings (SSSR count). The molecular formula is C23H25N3O2. The fourth-order valence-electron chi connectivity index (χ4n) is 2.88. The number of nitrogens with one attached hydrogen (secondary N) is 2. The van der Waals surface area contributed by atoms with Gasteiger partial charge in [-0.2, -0.15) is 0 Å². The first-order valence-corrected chi connectivity index (χ1v) is 9.27. The molecule has 144 valence electrons. The second kappa shape index (κ2) is 9.04.